The van der Waals surface area contributed by atoms with Gasteiger partial charge in [0.15, 0.2) is 0 Å². The van der Waals surface area contributed by atoms with Gasteiger partial charge < -0.3 is 14.7 Å². The molecule has 166 valence electrons. The van der Waals surface area contributed by atoms with E-state index in [2.05, 4.69) is 35.2 Å². The molecule has 5 heteroatoms. The normalized spacial score (nSPS) is 18.4. The molecule has 0 bridgehead atoms. The quantitative estimate of drug-likeness (QED) is 0.745. The van der Waals surface area contributed by atoms with Crippen molar-refractivity contribution in [1.29, 1.82) is 0 Å². The minimum Gasteiger partial charge on any atom is -0.390 e. The summed E-state index contributed by atoms with van der Waals surface area (Å²) in [6.45, 7) is 4.40. The van der Waals surface area contributed by atoms with Crippen LogP contribution in [0.4, 0.5) is 0 Å². The number of hydrogen-bond acceptors (Lipinski definition) is 4. The van der Waals surface area contributed by atoms with Gasteiger partial charge in [0.25, 0.3) is 5.91 Å². The number of aliphatic hydroxyl groups excluding tert-OH is 1. The molecule has 5 nitrogen and oxygen atoms in total. The Kier molecular flexibility index (Phi) is 7.38. The summed E-state index contributed by atoms with van der Waals surface area (Å²) in [5.41, 5.74) is 4.65. The minimum atomic E-state index is -0.565. The Hall–Kier alpha value is -2.21. The predicted octanol–water partition coefficient (Wildman–Crippen LogP) is 3.15. The van der Waals surface area contributed by atoms with Crippen molar-refractivity contribution in [3.8, 4) is 0 Å². The second kappa shape index (κ2) is 10.4. The van der Waals surface area contributed by atoms with E-state index in [1.165, 1.54) is 16.7 Å². The highest BCUT2D eigenvalue weighted by Gasteiger charge is 2.21. The number of carbonyl (C=O) groups excluding carboxylic acids is 1. The molecule has 4 rings (SSSR count). The zero-order valence-corrected chi connectivity index (χ0v) is 18.5. The van der Waals surface area contributed by atoms with E-state index < -0.39 is 6.10 Å². The van der Waals surface area contributed by atoms with Crippen molar-refractivity contribution in [1.82, 2.24) is 9.80 Å². The SMILES string of the molecule is CN(C[C@H](O)CN1CCc2ccccc2C1)C(=O)c1cccc(CC2CCOCC2)c1. The lowest BCUT2D eigenvalue weighted by Crippen LogP contribution is -2.42. The van der Waals surface area contributed by atoms with E-state index in [1.807, 2.05) is 18.2 Å². The first-order valence-corrected chi connectivity index (χ1v) is 11.5. The highest BCUT2D eigenvalue weighted by molar-refractivity contribution is 5.94. The summed E-state index contributed by atoms with van der Waals surface area (Å²) in [6, 6.07) is 16.5. The van der Waals surface area contributed by atoms with Gasteiger partial charge in [-0.05, 0) is 60.4 Å². The summed E-state index contributed by atoms with van der Waals surface area (Å²) in [6.07, 6.45) is 3.62. The first-order valence-electron chi connectivity index (χ1n) is 11.5. The van der Waals surface area contributed by atoms with Gasteiger partial charge >= 0.3 is 0 Å². The summed E-state index contributed by atoms with van der Waals surface area (Å²) < 4.78 is 5.45. The van der Waals surface area contributed by atoms with Crippen LogP contribution < -0.4 is 0 Å². The van der Waals surface area contributed by atoms with Crippen molar-refractivity contribution in [3.05, 3.63) is 70.8 Å². The van der Waals surface area contributed by atoms with Gasteiger partial charge in [0.05, 0.1) is 6.10 Å². The highest BCUT2D eigenvalue weighted by Crippen LogP contribution is 2.21. The van der Waals surface area contributed by atoms with E-state index >= 15 is 0 Å². The number of rotatable bonds is 7. The van der Waals surface area contributed by atoms with Crippen molar-refractivity contribution >= 4 is 5.91 Å². The van der Waals surface area contributed by atoms with Crippen LogP contribution in [-0.4, -0.2) is 66.8 Å². The van der Waals surface area contributed by atoms with Crippen LogP contribution in [-0.2, 0) is 24.1 Å². The third-order valence-corrected chi connectivity index (χ3v) is 6.55. The molecule has 2 aliphatic rings. The number of amides is 1. The summed E-state index contributed by atoms with van der Waals surface area (Å²) in [7, 11) is 1.78. The van der Waals surface area contributed by atoms with Gasteiger partial charge in [-0.2, -0.15) is 0 Å². The third kappa shape index (κ3) is 5.94. The second-order valence-electron chi connectivity index (χ2n) is 9.05. The van der Waals surface area contributed by atoms with E-state index in [1.54, 1.807) is 11.9 Å². The zero-order valence-electron chi connectivity index (χ0n) is 18.5. The van der Waals surface area contributed by atoms with Crippen LogP contribution in [0.25, 0.3) is 0 Å². The number of ether oxygens (including phenoxy) is 1. The fourth-order valence-corrected chi connectivity index (χ4v) is 4.80. The predicted molar refractivity (Wildman–Crippen MR) is 122 cm³/mol. The van der Waals surface area contributed by atoms with E-state index in [9.17, 15) is 9.90 Å². The molecule has 1 atom stereocenters. The molecule has 1 N–H and O–H groups in total. The average molecular weight is 423 g/mol. The summed E-state index contributed by atoms with van der Waals surface area (Å²) in [4.78, 5) is 16.9. The van der Waals surface area contributed by atoms with Crippen molar-refractivity contribution in [2.24, 2.45) is 5.92 Å². The fourth-order valence-electron chi connectivity index (χ4n) is 4.80. The van der Waals surface area contributed by atoms with Gasteiger partial charge in [-0.25, -0.2) is 0 Å². The molecule has 2 aromatic rings. The molecular formula is C26H34N2O3. The van der Waals surface area contributed by atoms with Crippen molar-refractivity contribution in [2.75, 3.05) is 39.9 Å². The summed E-state index contributed by atoms with van der Waals surface area (Å²) >= 11 is 0. The Balaban J connectivity index is 1.29. The number of fused-ring (bicyclic) bond motifs is 1. The number of aliphatic hydroxyl groups is 1. The second-order valence-corrected chi connectivity index (χ2v) is 9.05. The Morgan fingerprint density at radius 2 is 1.94 bits per heavy atom. The fraction of sp³-hybridized carbons (Fsp3) is 0.500. The van der Waals surface area contributed by atoms with Crippen LogP contribution in [0.2, 0.25) is 0 Å². The molecule has 1 saturated heterocycles. The Morgan fingerprint density at radius 1 is 1.16 bits per heavy atom. The molecule has 2 heterocycles. The third-order valence-electron chi connectivity index (χ3n) is 6.55. The molecule has 1 fully saturated rings. The topological polar surface area (TPSA) is 53.0 Å². The standard InChI is InChI=1S/C26H34N2O3/c1-27(18-25(29)19-28-12-9-22-6-2-3-7-24(22)17-28)26(30)23-8-4-5-21(16-23)15-20-10-13-31-14-11-20/h2-8,16,20,25,29H,9-15,17-19H2,1H3/t25-/m0/s1. The summed E-state index contributed by atoms with van der Waals surface area (Å²) in [5.74, 6) is 0.602. The highest BCUT2D eigenvalue weighted by atomic mass is 16.5. The summed E-state index contributed by atoms with van der Waals surface area (Å²) in [5, 5.41) is 10.6. The molecule has 0 radical (unpaired) electrons. The lowest BCUT2D eigenvalue weighted by molar-refractivity contribution is 0.0568. The lowest BCUT2D eigenvalue weighted by atomic mass is 9.92. The van der Waals surface area contributed by atoms with Gasteiger partial charge in [-0.15, -0.1) is 0 Å². The molecule has 0 aromatic heterocycles. The average Bonchev–Trinajstić information content (AvgIpc) is 2.79. The number of likely N-dealkylation sites (N-methyl/N-ethyl adjacent to an activating group) is 1. The van der Waals surface area contributed by atoms with Crippen molar-refractivity contribution in [2.45, 2.75) is 38.3 Å². The number of benzene rings is 2. The van der Waals surface area contributed by atoms with Crippen LogP contribution in [0.3, 0.4) is 0 Å². The zero-order chi connectivity index (χ0) is 21.6. The molecule has 0 spiro atoms. The van der Waals surface area contributed by atoms with E-state index in [-0.39, 0.29) is 5.91 Å². The molecular weight excluding hydrogens is 388 g/mol. The van der Waals surface area contributed by atoms with Crippen LogP contribution in [0.15, 0.2) is 48.5 Å². The molecule has 31 heavy (non-hydrogen) atoms. The van der Waals surface area contributed by atoms with E-state index in [0.717, 1.165) is 52.0 Å². The Labute approximate surface area is 185 Å². The van der Waals surface area contributed by atoms with Crippen molar-refractivity contribution < 1.29 is 14.6 Å². The molecule has 2 aromatic carbocycles. The van der Waals surface area contributed by atoms with E-state index in [0.29, 0.717) is 24.6 Å². The maximum absolute atomic E-state index is 13.0. The molecule has 2 aliphatic heterocycles. The maximum atomic E-state index is 13.0. The largest absolute Gasteiger partial charge is 0.390 e. The van der Waals surface area contributed by atoms with Crippen LogP contribution in [0.1, 0.15) is 39.9 Å². The lowest BCUT2D eigenvalue weighted by Gasteiger charge is -2.31. The number of carbonyl (C=O) groups is 1. The smallest absolute Gasteiger partial charge is 0.253 e. The Bertz CT molecular complexity index is 878. The molecule has 0 unspecified atom stereocenters. The van der Waals surface area contributed by atoms with Crippen molar-refractivity contribution in [3.63, 3.8) is 0 Å². The van der Waals surface area contributed by atoms with Gasteiger partial charge in [-0.1, -0.05) is 36.4 Å². The van der Waals surface area contributed by atoms with Crippen LogP contribution in [0.5, 0.6) is 0 Å². The first kappa shape index (κ1) is 22.0. The molecule has 1 amide bonds. The van der Waals surface area contributed by atoms with Gasteiger partial charge in [0.1, 0.15) is 0 Å². The van der Waals surface area contributed by atoms with Gasteiger partial charge in [0, 0.05) is 52.0 Å². The van der Waals surface area contributed by atoms with Crippen LogP contribution in [0, 0.1) is 5.92 Å². The van der Waals surface area contributed by atoms with E-state index in [4.69, 9.17) is 4.74 Å². The van der Waals surface area contributed by atoms with Gasteiger partial charge in [0.2, 0.25) is 0 Å². The number of hydrogen-bond donors (Lipinski definition) is 1. The molecule has 0 saturated carbocycles. The minimum absolute atomic E-state index is 0.0307. The Morgan fingerprint density at radius 3 is 2.74 bits per heavy atom. The monoisotopic (exact) mass is 422 g/mol. The number of nitrogens with zero attached hydrogens (tertiary/aromatic N) is 2. The number of β-amino-alcohol motifs (C(OH)–C–C–N with tert-alkyl or cyclic N) is 1. The van der Waals surface area contributed by atoms with Gasteiger partial charge in [-0.3, -0.25) is 9.69 Å². The first-order chi connectivity index (χ1) is 15.1. The van der Waals surface area contributed by atoms with Crippen LogP contribution >= 0.6 is 0 Å². The molecule has 0 aliphatic carbocycles. The maximum Gasteiger partial charge on any atom is 0.253 e.